The normalized spacial score (nSPS) is 10.5. The van der Waals surface area contributed by atoms with Crippen molar-refractivity contribution < 1.29 is 14.3 Å². The van der Waals surface area contributed by atoms with Crippen LogP contribution in [-0.4, -0.2) is 33.0 Å². The quantitative estimate of drug-likeness (QED) is 0.586. The summed E-state index contributed by atoms with van der Waals surface area (Å²) in [4.78, 5) is 26.8. The van der Waals surface area contributed by atoms with Crippen LogP contribution in [0.15, 0.2) is 18.3 Å². The second-order valence-electron chi connectivity index (χ2n) is 3.41. The minimum Gasteiger partial charge on any atom is -0.461 e. The SMILES string of the molecule is CCOC(=O)c1cnc2ccc(C(C)=O)nn12. The molecule has 2 heterocycles. The Morgan fingerprint density at radius 2 is 2.18 bits per heavy atom. The molecule has 17 heavy (non-hydrogen) atoms. The summed E-state index contributed by atoms with van der Waals surface area (Å²) in [6, 6.07) is 3.20. The smallest absolute Gasteiger partial charge is 0.358 e. The Kier molecular flexibility index (Phi) is 2.86. The molecule has 2 rings (SSSR count). The maximum absolute atomic E-state index is 11.6. The average Bonchev–Trinajstić information content (AvgIpc) is 2.71. The van der Waals surface area contributed by atoms with Crippen LogP contribution in [0.1, 0.15) is 34.8 Å². The largest absolute Gasteiger partial charge is 0.461 e. The number of carbonyl (C=O) groups excluding carboxylic acids is 2. The first-order valence-electron chi connectivity index (χ1n) is 5.16. The Labute approximate surface area is 97.2 Å². The molecule has 0 fully saturated rings. The molecule has 0 N–H and O–H groups in total. The van der Waals surface area contributed by atoms with E-state index in [-0.39, 0.29) is 23.8 Å². The molecule has 0 aliphatic rings. The molecule has 6 heteroatoms. The number of imidazole rings is 1. The number of fused-ring (bicyclic) bond motifs is 1. The zero-order valence-corrected chi connectivity index (χ0v) is 9.51. The van der Waals surface area contributed by atoms with E-state index in [0.29, 0.717) is 5.65 Å². The van der Waals surface area contributed by atoms with Gasteiger partial charge in [-0.15, -0.1) is 0 Å². The standard InChI is InChI=1S/C11H11N3O3/c1-3-17-11(16)9-6-12-10-5-4-8(7(2)15)13-14(9)10/h4-6H,3H2,1-2H3. The van der Waals surface area contributed by atoms with Crippen molar-refractivity contribution in [2.45, 2.75) is 13.8 Å². The number of carbonyl (C=O) groups is 2. The minimum atomic E-state index is -0.506. The summed E-state index contributed by atoms with van der Waals surface area (Å²) < 4.78 is 6.18. The number of rotatable bonds is 3. The molecule has 0 spiro atoms. The number of ketones is 1. The topological polar surface area (TPSA) is 73.6 Å². The summed E-state index contributed by atoms with van der Waals surface area (Å²) >= 11 is 0. The lowest BCUT2D eigenvalue weighted by Gasteiger charge is -2.01. The van der Waals surface area contributed by atoms with Crippen LogP contribution in [-0.2, 0) is 4.74 Å². The van der Waals surface area contributed by atoms with Crippen LogP contribution >= 0.6 is 0 Å². The molecule has 0 atom stereocenters. The van der Waals surface area contributed by atoms with E-state index in [2.05, 4.69) is 10.1 Å². The molecule has 88 valence electrons. The van der Waals surface area contributed by atoms with Gasteiger partial charge in [0.2, 0.25) is 0 Å². The van der Waals surface area contributed by atoms with E-state index < -0.39 is 5.97 Å². The summed E-state index contributed by atoms with van der Waals surface area (Å²) in [5, 5.41) is 4.04. The van der Waals surface area contributed by atoms with E-state index in [1.165, 1.54) is 17.6 Å². The van der Waals surface area contributed by atoms with Crippen LogP contribution in [0.5, 0.6) is 0 Å². The van der Waals surface area contributed by atoms with Gasteiger partial charge in [0.15, 0.2) is 17.1 Å². The molecule has 0 amide bonds. The lowest BCUT2D eigenvalue weighted by molar-refractivity contribution is 0.0516. The zero-order valence-electron chi connectivity index (χ0n) is 9.51. The highest BCUT2D eigenvalue weighted by Crippen LogP contribution is 2.07. The molecular weight excluding hydrogens is 222 g/mol. The molecule has 0 aromatic carbocycles. The average molecular weight is 233 g/mol. The summed E-state index contributed by atoms with van der Waals surface area (Å²) in [5.41, 5.74) is 0.990. The van der Waals surface area contributed by atoms with Gasteiger partial charge in [-0.2, -0.15) is 5.10 Å². The monoisotopic (exact) mass is 233 g/mol. The summed E-state index contributed by atoms with van der Waals surface area (Å²) in [7, 11) is 0. The van der Waals surface area contributed by atoms with E-state index >= 15 is 0 Å². The van der Waals surface area contributed by atoms with Crippen LogP contribution in [0.4, 0.5) is 0 Å². The molecule has 0 saturated carbocycles. The van der Waals surface area contributed by atoms with E-state index in [9.17, 15) is 9.59 Å². The maximum atomic E-state index is 11.6. The first kappa shape index (κ1) is 11.3. The number of ether oxygens (including phenoxy) is 1. The second-order valence-corrected chi connectivity index (χ2v) is 3.41. The van der Waals surface area contributed by atoms with Gasteiger partial charge in [-0.3, -0.25) is 4.79 Å². The van der Waals surface area contributed by atoms with Gasteiger partial charge in [-0.25, -0.2) is 14.3 Å². The highest BCUT2D eigenvalue weighted by Gasteiger charge is 2.15. The third-order valence-electron chi connectivity index (χ3n) is 2.21. The molecule has 6 nitrogen and oxygen atoms in total. The molecule has 2 aromatic heterocycles. The molecule has 0 radical (unpaired) electrons. The first-order chi connectivity index (χ1) is 8.13. The van der Waals surface area contributed by atoms with Gasteiger partial charge in [-0.05, 0) is 19.1 Å². The first-order valence-corrected chi connectivity index (χ1v) is 5.16. The molecule has 0 saturated heterocycles. The van der Waals surface area contributed by atoms with E-state index in [4.69, 9.17) is 4.74 Å². The molecule has 2 aromatic rings. The fraction of sp³-hybridized carbons (Fsp3) is 0.273. The van der Waals surface area contributed by atoms with Crippen molar-refractivity contribution in [2.75, 3.05) is 6.61 Å². The van der Waals surface area contributed by atoms with Crippen molar-refractivity contribution in [2.24, 2.45) is 0 Å². The molecular formula is C11H11N3O3. The van der Waals surface area contributed by atoms with Crippen LogP contribution in [0.3, 0.4) is 0 Å². The van der Waals surface area contributed by atoms with Gasteiger partial charge >= 0.3 is 5.97 Å². The number of nitrogens with zero attached hydrogens (tertiary/aromatic N) is 3. The zero-order chi connectivity index (χ0) is 12.4. The number of hydrogen-bond donors (Lipinski definition) is 0. The van der Waals surface area contributed by atoms with Crippen LogP contribution in [0, 0.1) is 0 Å². The third kappa shape index (κ3) is 2.01. The van der Waals surface area contributed by atoms with Gasteiger partial charge in [-0.1, -0.05) is 0 Å². The molecule has 0 aliphatic carbocycles. The van der Waals surface area contributed by atoms with Crippen LogP contribution in [0.2, 0.25) is 0 Å². The highest BCUT2D eigenvalue weighted by atomic mass is 16.5. The number of esters is 1. The van der Waals surface area contributed by atoms with Gasteiger partial charge in [0, 0.05) is 6.92 Å². The highest BCUT2D eigenvalue weighted by molar-refractivity contribution is 5.92. The second kappa shape index (κ2) is 4.32. The minimum absolute atomic E-state index is 0.171. The van der Waals surface area contributed by atoms with Crippen LogP contribution in [0.25, 0.3) is 5.65 Å². The molecule has 0 aliphatic heterocycles. The predicted molar refractivity (Wildman–Crippen MR) is 58.9 cm³/mol. The third-order valence-corrected chi connectivity index (χ3v) is 2.21. The number of hydrogen-bond acceptors (Lipinski definition) is 5. The Balaban J connectivity index is 2.54. The fourth-order valence-corrected chi connectivity index (χ4v) is 1.41. The van der Waals surface area contributed by atoms with Gasteiger partial charge in [0.1, 0.15) is 5.69 Å². The Morgan fingerprint density at radius 3 is 2.82 bits per heavy atom. The van der Waals surface area contributed by atoms with Crippen LogP contribution < -0.4 is 0 Å². The lowest BCUT2D eigenvalue weighted by atomic mass is 10.3. The number of Topliss-reactive ketones (excluding diaryl/α,β-unsaturated/α-hetero) is 1. The summed E-state index contributed by atoms with van der Waals surface area (Å²) in [6.45, 7) is 3.41. The van der Waals surface area contributed by atoms with E-state index in [1.54, 1.807) is 19.1 Å². The van der Waals surface area contributed by atoms with Gasteiger partial charge in [0.25, 0.3) is 0 Å². The van der Waals surface area contributed by atoms with E-state index in [1.807, 2.05) is 0 Å². The van der Waals surface area contributed by atoms with Crippen molar-refractivity contribution in [3.63, 3.8) is 0 Å². The Hall–Kier alpha value is -2.24. The summed E-state index contributed by atoms with van der Waals surface area (Å²) in [6.07, 6.45) is 1.38. The lowest BCUT2D eigenvalue weighted by Crippen LogP contribution is -2.11. The van der Waals surface area contributed by atoms with Gasteiger partial charge < -0.3 is 4.74 Å². The predicted octanol–water partition coefficient (Wildman–Crippen LogP) is 1.11. The maximum Gasteiger partial charge on any atom is 0.358 e. The van der Waals surface area contributed by atoms with Crippen molar-refractivity contribution in [3.05, 3.63) is 29.7 Å². The molecule has 0 bridgehead atoms. The van der Waals surface area contributed by atoms with Gasteiger partial charge in [0.05, 0.1) is 12.8 Å². The Bertz CT molecular complexity index is 589. The van der Waals surface area contributed by atoms with Crippen molar-refractivity contribution in [3.8, 4) is 0 Å². The van der Waals surface area contributed by atoms with E-state index in [0.717, 1.165) is 0 Å². The Morgan fingerprint density at radius 1 is 1.41 bits per heavy atom. The number of aromatic nitrogens is 3. The van der Waals surface area contributed by atoms with Crippen molar-refractivity contribution in [1.29, 1.82) is 0 Å². The summed E-state index contributed by atoms with van der Waals surface area (Å²) in [5.74, 6) is -0.677. The molecule has 0 unspecified atom stereocenters. The van der Waals surface area contributed by atoms with Crippen molar-refractivity contribution >= 4 is 17.4 Å². The van der Waals surface area contributed by atoms with Crippen molar-refractivity contribution in [1.82, 2.24) is 14.6 Å². The fourth-order valence-electron chi connectivity index (χ4n) is 1.41.